The molecule has 5 amide bonds. The summed E-state index contributed by atoms with van der Waals surface area (Å²) in [6, 6.07) is 5.30. The first-order chi connectivity index (χ1) is 18.7. The highest BCUT2D eigenvalue weighted by atomic mass is 32.2. The molecule has 0 aromatic heterocycles. The third-order valence-corrected chi connectivity index (χ3v) is 9.81. The fraction of sp³-hybridized carbons (Fsp3) is 0.655. The first-order valence-corrected chi connectivity index (χ1v) is 15.5. The zero-order valence-corrected chi connectivity index (χ0v) is 25.9. The minimum absolute atomic E-state index is 0.0539. The SMILES string of the molecule is CC(C)(C)NC(=O)NC(C(=O)N1C[C@H]2[C@@H]([C@H]1C(=O)NC1(C(=O)NS(=O)(=O)c3ccccc3)CC1)C2(C)C)C(C)(C)C. The van der Waals surface area contributed by atoms with Gasteiger partial charge in [-0.25, -0.2) is 17.9 Å². The Morgan fingerprint density at radius 3 is 2.07 bits per heavy atom. The molecule has 1 aliphatic heterocycles. The Labute approximate surface area is 242 Å². The van der Waals surface area contributed by atoms with Gasteiger partial charge in [0.1, 0.15) is 17.6 Å². The molecule has 4 N–H and O–H groups in total. The third-order valence-electron chi connectivity index (χ3n) is 8.46. The number of sulfonamides is 1. The van der Waals surface area contributed by atoms with Gasteiger partial charge >= 0.3 is 6.03 Å². The van der Waals surface area contributed by atoms with Crippen molar-refractivity contribution in [2.45, 2.75) is 96.3 Å². The average molecular weight is 590 g/mol. The first kappa shape index (κ1) is 30.8. The molecule has 1 saturated heterocycles. The Bertz CT molecular complexity index is 1340. The van der Waals surface area contributed by atoms with Crippen molar-refractivity contribution >= 4 is 33.8 Å². The fourth-order valence-corrected chi connectivity index (χ4v) is 6.93. The molecule has 1 aromatic rings. The number of nitrogens with one attached hydrogen (secondary N) is 4. The van der Waals surface area contributed by atoms with Crippen LogP contribution in [-0.4, -0.2) is 66.8 Å². The van der Waals surface area contributed by atoms with Crippen LogP contribution in [0.3, 0.4) is 0 Å². The number of hydrogen-bond donors (Lipinski definition) is 4. The lowest BCUT2D eigenvalue weighted by Crippen LogP contribution is -2.62. The van der Waals surface area contributed by atoms with E-state index in [0.717, 1.165) is 0 Å². The van der Waals surface area contributed by atoms with Crippen LogP contribution in [-0.2, 0) is 24.4 Å². The van der Waals surface area contributed by atoms with Gasteiger partial charge in [0.15, 0.2) is 0 Å². The second kappa shape index (κ2) is 9.99. The van der Waals surface area contributed by atoms with Gasteiger partial charge in [-0.1, -0.05) is 52.8 Å². The Hall–Kier alpha value is -3.15. The number of nitrogens with zero attached hydrogens (tertiary/aromatic N) is 1. The summed E-state index contributed by atoms with van der Waals surface area (Å²) < 4.78 is 27.6. The standard InChI is InChI=1S/C29H43N5O6S/c1-26(2,3)21(30-25(38)32-27(4,5)6)23(36)34-16-18-19(28(18,7)8)20(34)22(35)31-29(14-15-29)24(37)33-41(39,40)17-12-10-9-11-13-17/h9-13,18-21H,14-16H2,1-8H3,(H,31,35)(H,33,37)(H2,30,32,38)/t18-,19-,20-,21?/m0/s1. The molecular weight excluding hydrogens is 546 g/mol. The molecule has 2 saturated carbocycles. The number of fused-ring (bicyclic) bond motifs is 1. The van der Waals surface area contributed by atoms with Crippen molar-refractivity contribution < 1.29 is 27.6 Å². The van der Waals surface area contributed by atoms with Gasteiger partial charge in [0, 0.05) is 12.1 Å². The summed E-state index contributed by atoms with van der Waals surface area (Å²) in [7, 11) is -4.12. The molecule has 41 heavy (non-hydrogen) atoms. The molecule has 0 bridgehead atoms. The van der Waals surface area contributed by atoms with Crippen LogP contribution >= 0.6 is 0 Å². The summed E-state index contributed by atoms with van der Waals surface area (Å²) >= 11 is 0. The summed E-state index contributed by atoms with van der Waals surface area (Å²) in [6.45, 7) is 15.5. The molecule has 3 fully saturated rings. The van der Waals surface area contributed by atoms with Gasteiger partial charge in [0.05, 0.1) is 4.90 Å². The maximum atomic E-state index is 14.0. The van der Waals surface area contributed by atoms with Gasteiger partial charge in [0.25, 0.3) is 15.9 Å². The van der Waals surface area contributed by atoms with Crippen LogP contribution in [0.15, 0.2) is 35.2 Å². The highest BCUT2D eigenvalue weighted by molar-refractivity contribution is 7.90. The minimum Gasteiger partial charge on any atom is -0.340 e. The van der Waals surface area contributed by atoms with Crippen molar-refractivity contribution in [3.63, 3.8) is 0 Å². The Morgan fingerprint density at radius 1 is 0.976 bits per heavy atom. The molecule has 4 atom stereocenters. The van der Waals surface area contributed by atoms with Gasteiger partial charge in [-0.15, -0.1) is 0 Å². The maximum absolute atomic E-state index is 14.0. The van der Waals surface area contributed by atoms with Crippen LogP contribution < -0.4 is 20.7 Å². The number of rotatable bonds is 7. The topological polar surface area (TPSA) is 154 Å². The fourth-order valence-electron chi connectivity index (χ4n) is 5.86. The van der Waals surface area contributed by atoms with Crippen LogP contribution in [0, 0.1) is 22.7 Å². The van der Waals surface area contributed by atoms with Crippen molar-refractivity contribution in [2.75, 3.05) is 6.54 Å². The maximum Gasteiger partial charge on any atom is 0.315 e. The zero-order valence-electron chi connectivity index (χ0n) is 25.1. The Morgan fingerprint density at radius 2 is 1.56 bits per heavy atom. The van der Waals surface area contributed by atoms with Crippen molar-refractivity contribution in [1.82, 2.24) is 25.6 Å². The Kier molecular flexibility index (Phi) is 7.51. The van der Waals surface area contributed by atoms with E-state index in [4.69, 9.17) is 0 Å². The third kappa shape index (κ3) is 6.22. The minimum atomic E-state index is -4.12. The first-order valence-electron chi connectivity index (χ1n) is 14.0. The van der Waals surface area contributed by atoms with Gasteiger partial charge < -0.3 is 20.9 Å². The number of benzene rings is 1. The van der Waals surface area contributed by atoms with Crippen LogP contribution in [0.4, 0.5) is 4.79 Å². The molecule has 0 spiro atoms. The van der Waals surface area contributed by atoms with Crippen molar-refractivity contribution in [2.24, 2.45) is 22.7 Å². The van der Waals surface area contributed by atoms with Gasteiger partial charge in [-0.2, -0.15) is 0 Å². The van der Waals surface area contributed by atoms with E-state index in [1.54, 1.807) is 18.2 Å². The van der Waals surface area contributed by atoms with Crippen LogP contribution in [0.5, 0.6) is 0 Å². The molecule has 11 nitrogen and oxygen atoms in total. The van der Waals surface area contributed by atoms with Crippen LogP contribution in [0.2, 0.25) is 0 Å². The number of hydrogen-bond acceptors (Lipinski definition) is 6. The molecule has 3 aliphatic rings. The van der Waals surface area contributed by atoms with Crippen molar-refractivity contribution in [3.8, 4) is 0 Å². The van der Waals surface area contributed by atoms with Crippen LogP contribution in [0.25, 0.3) is 0 Å². The lowest BCUT2D eigenvalue weighted by Gasteiger charge is -2.38. The molecule has 1 unspecified atom stereocenters. The summed E-state index contributed by atoms with van der Waals surface area (Å²) in [6.07, 6.45) is 0.568. The van der Waals surface area contributed by atoms with Gasteiger partial charge in [-0.3, -0.25) is 14.4 Å². The number of carbonyl (C=O) groups is 4. The van der Waals surface area contributed by atoms with Crippen molar-refractivity contribution in [3.05, 3.63) is 30.3 Å². The monoisotopic (exact) mass is 589 g/mol. The van der Waals surface area contributed by atoms with E-state index in [9.17, 15) is 27.6 Å². The van der Waals surface area contributed by atoms with E-state index in [-0.39, 0.29) is 40.9 Å². The molecular formula is C29H43N5O6S. The number of likely N-dealkylation sites (tertiary alicyclic amines) is 1. The van der Waals surface area contributed by atoms with E-state index in [1.165, 1.54) is 17.0 Å². The lowest BCUT2D eigenvalue weighted by atomic mass is 9.85. The van der Waals surface area contributed by atoms with Gasteiger partial charge in [0.2, 0.25) is 11.8 Å². The second-order valence-corrected chi connectivity index (χ2v) is 16.0. The smallest absolute Gasteiger partial charge is 0.315 e. The second-order valence-electron chi connectivity index (χ2n) is 14.4. The summed E-state index contributed by atoms with van der Waals surface area (Å²) in [5.41, 5.74) is -2.70. The quantitative estimate of drug-likeness (QED) is 0.382. The Balaban J connectivity index is 1.53. The highest BCUT2D eigenvalue weighted by Crippen LogP contribution is 2.65. The van der Waals surface area contributed by atoms with E-state index in [2.05, 4.69) is 20.7 Å². The number of carbonyl (C=O) groups excluding carboxylic acids is 4. The number of urea groups is 1. The normalized spacial score (nSPS) is 24.9. The molecule has 12 heteroatoms. The van der Waals surface area contributed by atoms with Crippen molar-refractivity contribution in [1.29, 1.82) is 0 Å². The number of amides is 5. The highest BCUT2D eigenvalue weighted by Gasteiger charge is 2.70. The van der Waals surface area contributed by atoms with Gasteiger partial charge in [-0.05, 0) is 68.4 Å². The lowest BCUT2D eigenvalue weighted by molar-refractivity contribution is -0.144. The predicted octanol–water partition coefficient (Wildman–Crippen LogP) is 2.14. The summed E-state index contributed by atoms with van der Waals surface area (Å²) in [5.74, 6) is -1.69. The largest absolute Gasteiger partial charge is 0.340 e. The zero-order chi connectivity index (χ0) is 30.8. The molecule has 1 aromatic carbocycles. The molecule has 2 aliphatic carbocycles. The predicted molar refractivity (Wildman–Crippen MR) is 153 cm³/mol. The number of piperidine rings is 1. The molecule has 1 heterocycles. The summed E-state index contributed by atoms with van der Waals surface area (Å²) in [5, 5.41) is 8.44. The van der Waals surface area contributed by atoms with E-state index >= 15 is 0 Å². The molecule has 0 radical (unpaired) electrons. The summed E-state index contributed by atoms with van der Waals surface area (Å²) in [4.78, 5) is 55.2. The van der Waals surface area contributed by atoms with Crippen LogP contribution in [0.1, 0.15) is 68.2 Å². The van der Waals surface area contributed by atoms with E-state index in [1.807, 2.05) is 55.4 Å². The molecule has 226 valence electrons. The van der Waals surface area contributed by atoms with E-state index in [0.29, 0.717) is 6.54 Å². The molecule has 4 rings (SSSR count). The van der Waals surface area contributed by atoms with E-state index < -0.39 is 56.4 Å². The average Bonchev–Trinajstić information content (AvgIpc) is 3.65.